The Hall–Kier alpha value is -1.42. The lowest BCUT2D eigenvalue weighted by molar-refractivity contribution is -0.385. The third-order valence-corrected chi connectivity index (χ3v) is 2.05. The number of rotatable bonds is 3. The van der Waals surface area contributed by atoms with Crippen molar-refractivity contribution < 1.29 is 10.0 Å². The van der Waals surface area contributed by atoms with Gasteiger partial charge in [-0.15, -0.1) is 0 Å². The van der Waals surface area contributed by atoms with E-state index in [9.17, 15) is 15.2 Å². The number of nitro groups is 1. The van der Waals surface area contributed by atoms with E-state index >= 15 is 0 Å². The summed E-state index contributed by atoms with van der Waals surface area (Å²) in [6, 6.07) is 6.10. The molecule has 0 fully saturated rings. The normalized spacial score (nSPS) is 12.9. The molecule has 0 saturated carbocycles. The quantitative estimate of drug-likeness (QED) is 0.594. The van der Waals surface area contributed by atoms with Gasteiger partial charge < -0.3 is 5.11 Å². The van der Waals surface area contributed by atoms with Gasteiger partial charge in [0.1, 0.15) is 0 Å². The van der Waals surface area contributed by atoms with Crippen LogP contribution in [0.1, 0.15) is 25.5 Å². The van der Waals surface area contributed by atoms with Gasteiger partial charge in [-0.05, 0) is 11.5 Å². The summed E-state index contributed by atoms with van der Waals surface area (Å²) in [4.78, 5) is 10.0. The van der Waals surface area contributed by atoms with Crippen molar-refractivity contribution in [2.24, 2.45) is 5.92 Å². The minimum absolute atomic E-state index is 0.0159. The van der Waals surface area contributed by atoms with Crippen LogP contribution in [0.15, 0.2) is 24.3 Å². The van der Waals surface area contributed by atoms with Gasteiger partial charge >= 0.3 is 0 Å². The van der Waals surface area contributed by atoms with Crippen LogP contribution in [0.2, 0.25) is 0 Å². The first kappa shape index (κ1) is 10.7. The first-order valence-corrected chi connectivity index (χ1v) is 4.45. The van der Waals surface area contributed by atoms with Crippen LogP contribution < -0.4 is 0 Å². The van der Waals surface area contributed by atoms with Crippen LogP contribution in [-0.4, -0.2) is 10.0 Å². The highest BCUT2D eigenvalue weighted by Gasteiger charge is 2.14. The smallest absolute Gasteiger partial charge is 0.269 e. The fourth-order valence-corrected chi connectivity index (χ4v) is 1.21. The molecule has 0 spiro atoms. The number of non-ortho nitro benzene ring substituents is 1. The maximum atomic E-state index is 10.5. The Labute approximate surface area is 82.3 Å². The number of aliphatic hydroxyl groups is 1. The summed E-state index contributed by atoms with van der Waals surface area (Å²) < 4.78 is 0. The lowest BCUT2D eigenvalue weighted by Gasteiger charge is -2.13. The first-order chi connectivity index (χ1) is 6.52. The van der Waals surface area contributed by atoms with Gasteiger partial charge in [0.15, 0.2) is 0 Å². The molecular weight excluding hydrogens is 182 g/mol. The maximum absolute atomic E-state index is 10.5. The molecule has 0 amide bonds. The standard InChI is InChI=1S/C10H13NO3/c1-7(2)10(12)8-4-3-5-9(6-8)11(13)14/h3-7,10,12H,1-2H3. The summed E-state index contributed by atoms with van der Waals surface area (Å²) in [6.07, 6.45) is -0.644. The summed E-state index contributed by atoms with van der Waals surface area (Å²) in [5.74, 6) is 0.0528. The Morgan fingerprint density at radius 2 is 2.07 bits per heavy atom. The second kappa shape index (κ2) is 4.19. The minimum atomic E-state index is -0.644. The SMILES string of the molecule is CC(C)C(O)c1cccc([N+](=O)[O-])c1. The van der Waals surface area contributed by atoms with Gasteiger partial charge in [-0.1, -0.05) is 26.0 Å². The summed E-state index contributed by atoms with van der Waals surface area (Å²) in [6.45, 7) is 3.73. The van der Waals surface area contributed by atoms with Crippen LogP contribution in [0.5, 0.6) is 0 Å². The molecule has 1 unspecified atom stereocenters. The molecule has 1 N–H and O–H groups in total. The van der Waals surface area contributed by atoms with Gasteiger partial charge in [-0.25, -0.2) is 0 Å². The molecule has 4 nitrogen and oxygen atoms in total. The van der Waals surface area contributed by atoms with E-state index in [0.717, 1.165) is 0 Å². The van der Waals surface area contributed by atoms with Crippen LogP contribution in [0, 0.1) is 16.0 Å². The highest BCUT2D eigenvalue weighted by molar-refractivity contribution is 5.35. The van der Waals surface area contributed by atoms with Gasteiger partial charge in [0.05, 0.1) is 11.0 Å². The molecule has 0 aliphatic rings. The number of benzene rings is 1. The van der Waals surface area contributed by atoms with Crippen LogP contribution in [-0.2, 0) is 0 Å². The van der Waals surface area contributed by atoms with Crippen molar-refractivity contribution in [2.75, 3.05) is 0 Å². The van der Waals surface area contributed by atoms with Gasteiger partial charge in [0.2, 0.25) is 0 Å². The number of hydrogen-bond donors (Lipinski definition) is 1. The van der Waals surface area contributed by atoms with Crippen molar-refractivity contribution in [1.29, 1.82) is 0 Å². The van der Waals surface area contributed by atoms with Gasteiger partial charge in [0, 0.05) is 12.1 Å². The second-order valence-electron chi connectivity index (χ2n) is 3.54. The van der Waals surface area contributed by atoms with E-state index in [1.807, 2.05) is 13.8 Å². The van der Waals surface area contributed by atoms with Crippen LogP contribution >= 0.6 is 0 Å². The van der Waals surface area contributed by atoms with Crippen LogP contribution in [0.25, 0.3) is 0 Å². The third-order valence-electron chi connectivity index (χ3n) is 2.05. The maximum Gasteiger partial charge on any atom is 0.269 e. The molecule has 1 rings (SSSR count). The van der Waals surface area contributed by atoms with Crippen molar-refractivity contribution in [1.82, 2.24) is 0 Å². The summed E-state index contributed by atoms with van der Waals surface area (Å²) in [7, 11) is 0. The van der Waals surface area contributed by atoms with E-state index in [1.165, 1.54) is 12.1 Å². The second-order valence-corrected chi connectivity index (χ2v) is 3.54. The lowest BCUT2D eigenvalue weighted by atomic mass is 9.99. The molecule has 0 saturated heterocycles. The minimum Gasteiger partial charge on any atom is -0.388 e. The molecular formula is C10H13NO3. The van der Waals surface area contributed by atoms with E-state index in [1.54, 1.807) is 12.1 Å². The molecule has 0 aromatic heterocycles. The Bertz CT molecular complexity index is 336. The number of hydrogen-bond acceptors (Lipinski definition) is 3. The van der Waals surface area contributed by atoms with Crippen LogP contribution in [0.3, 0.4) is 0 Å². The molecule has 14 heavy (non-hydrogen) atoms. The zero-order chi connectivity index (χ0) is 10.7. The molecule has 0 aliphatic carbocycles. The van der Waals surface area contributed by atoms with Crippen LogP contribution in [0.4, 0.5) is 5.69 Å². The lowest BCUT2D eigenvalue weighted by Crippen LogP contribution is -2.05. The highest BCUT2D eigenvalue weighted by Crippen LogP contribution is 2.24. The summed E-state index contributed by atoms with van der Waals surface area (Å²) >= 11 is 0. The Morgan fingerprint density at radius 3 is 2.57 bits per heavy atom. The Morgan fingerprint density at radius 1 is 1.43 bits per heavy atom. The monoisotopic (exact) mass is 195 g/mol. The molecule has 76 valence electrons. The number of nitrogens with zero attached hydrogens (tertiary/aromatic N) is 1. The molecule has 0 heterocycles. The predicted molar refractivity (Wildman–Crippen MR) is 52.9 cm³/mol. The molecule has 4 heteroatoms. The fraction of sp³-hybridized carbons (Fsp3) is 0.400. The van der Waals surface area contributed by atoms with E-state index < -0.39 is 11.0 Å². The summed E-state index contributed by atoms with van der Waals surface area (Å²) in [5, 5.41) is 20.2. The van der Waals surface area contributed by atoms with E-state index in [-0.39, 0.29) is 11.6 Å². The van der Waals surface area contributed by atoms with Gasteiger partial charge in [0.25, 0.3) is 5.69 Å². The average Bonchev–Trinajstić information content (AvgIpc) is 2.16. The average molecular weight is 195 g/mol. The molecule has 0 radical (unpaired) electrons. The van der Waals surface area contributed by atoms with Crippen molar-refractivity contribution in [3.8, 4) is 0 Å². The molecule has 1 atom stereocenters. The summed E-state index contributed by atoms with van der Waals surface area (Å²) in [5.41, 5.74) is 0.608. The Balaban J connectivity index is 2.99. The Kier molecular flexibility index (Phi) is 3.19. The molecule has 0 aliphatic heterocycles. The van der Waals surface area contributed by atoms with Crippen molar-refractivity contribution in [2.45, 2.75) is 20.0 Å². The molecule has 1 aromatic carbocycles. The number of aliphatic hydroxyl groups excluding tert-OH is 1. The van der Waals surface area contributed by atoms with E-state index in [0.29, 0.717) is 5.56 Å². The zero-order valence-electron chi connectivity index (χ0n) is 8.18. The molecule has 0 bridgehead atoms. The van der Waals surface area contributed by atoms with Crippen molar-refractivity contribution in [3.05, 3.63) is 39.9 Å². The molecule has 1 aromatic rings. The van der Waals surface area contributed by atoms with E-state index in [4.69, 9.17) is 0 Å². The number of nitro benzene ring substituents is 1. The largest absolute Gasteiger partial charge is 0.388 e. The first-order valence-electron chi connectivity index (χ1n) is 4.45. The third kappa shape index (κ3) is 2.29. The predicted octanol–water partition coefficient (Wildman–Crippen LogP) is 2.28. The fourth-order valence-electron chi connectivity index (χ4n) is 1.21. The highest BCUT2D eigenvalue weighted by atomic mass is 16.6. The zero-order valence-corrected chi connectivity index (χ0v) is 8.18. The van der Waals surface area contributed by atoms with Gasteiger partial charge in [-0.2, -0.15) is 0 Å². The topological polar surface area (TPSA) is 63.4 Å². The van der Waals surface area contributed by atoms with Gasteiger partial charge in [-0.3, -0.25) is 10.1 Å². The van der Waals surface area contributed by atoms with Crippen molar-refractivity contribution in [3.63, 3.8) is 0 Å². The van der Waals surface area contributed by atoms with E-state index in [2.05, 4.69) is 0 Å². The van der Waals surface area contributed by atoms with Crippen molar-refractivity contribution >= 4 is 5.69 Å².